The Morgan fingerprint density at radius 1 is 1.06 bits per heavy atom. The van der Waals surface area contributed by atoms with Crippen LogP contribution < -0.4 is 4.90 Å². The van der Waals surface area contributed by atoms with Crippen LogP contribution in [0.15, 0.2) is 54.6 Å². The smallest absolute Gasteiger partial charge is 0.235 e. The zero-order chi connectivity index (χ0) is 23.6. The van der Waals surface area contributed by atoms with Gasteiger partial charge >= 0.3 is 0 Å². The van der Waals surface area contributed by atoms with E-state index in [1.807, 2.05) is 36.1 Å². The minimum absolute atomic E-state index is 0.127. The van der Waals surface area contributed by atoms with Gasteiger partial charge in [0.05, 0.1) is 30.5 Å². The molecule has 3 saturated heterocycles. The molecule has 4 aliphatic rings. The lowest BCUT2D eigenvalue weighted by Gasteiger charge is -2.38. The Labute approximate surface area is 203 Å². The Morgan fingerprint density at radius 2 is 1.79 bits per heavy atom. The minimum Gasteiger partial charge on any atom is -0.376 e. The van der Waals surface area contributed by atoms with Gasteiger partial charge in [0, 0.05) is 28.4 Å². The number of carbonyl (C=O) groups excluding carboxylic acids is 3. The first kappa shape index (κ1) is 21.6. The first-order valence-electron chi connectivity index (χ1n) is 11.8. The van der Waals surface area contributed by atoms with Crippen LogP contribution in [0.1, 0.15) is 35.7 Å². The summed E-state index contributed by atoms with van der Waals surface area (Å²) in [6, 6.07) is 13.5. The molecule has 0 unspecified atom stereocenters. The van der Waals surface area contributed by atoms with Crippen LogP contribution >= 0.6 is 11.6 Å². The van der Waals surface area contributed by atoms with Gasteiger partial charge in [-0.3, -0.25) is 19.3 Å². The van der Waals surface area contributed by atoms with Crippen molar-refractivity contribution in [3.05, 3.63) is 70.8 Å². The van der Waals surface area contributed by atoms with Gasteiger partial charge in [-0.25, -0.2) is 0 Å². The monoisotopic (exact) mass is 476 g/mol. The van der Waals surface area contributed by atoms with Gasteiger partial charge in [0.15, 0.2) is 5.78 Å². The van der Waals surface area contributed by atoms with E-state index in [1.54, 1.807) is 24.3 Å². The third-order valence-corrected chi connectivity index (χ3v) is 7.91. The topological polar surface area (TPSA) is 66.9 Å². The maximum absolute atomic E-state index is 13.9. The van der Waals surface area contributed by atoms with Crippen molar-refractivity contribution in [3.8, 4) is 0 Å². The molecular formula is C27H25ClN2O4. The Kier molecular flexibility index (Phi) is 5.12. The molecule has 6 rings (SSSR count). The zero-order valence-corrected chi connectivity index (χ0v) is 19.6. The van der Waals surface area contributed by atoms with Crippen LogP contribution in [0.5, 0.6) is 0 Å². The Morgan fingerprint density at radius 3 is 2.53 bits per heavy atom. The number of allylic oxidation sites excluding steroid dienone is 1. The fourth-order valence-corrected chi connectivity index (χ4v) is 6.24. The number of likely N-dealkylation sites (tertiary alicyclic amines) is 1. The SMILES string of the molecule is CC1=C[C@H]2[C@@H]3C(=O)N(C[C@@H]4CCCO4)C(=O)[C@@H]3[C@H](C(=O)c3ccc(Cl)cc3)N2c2ccccc21. The highest BCUT2D eigenvalue weighted by Crippen LogP contribution is 2.50. The summed E-state index contributed by atoms with van der Waals surface area (Å²) in [7, 11) is 0. The molecule has 4 heterocycles. The lowest BCUT2D eigenvalue weighted by Crippen LogP contribution is -2.49. The van der Waals surface area contributed by atoms with E-state index in [-0.39, 0.29) is 36.3 Å². The largest absolute Gasteiger partial charge is 0.376 e. The number of halogens is 1. The highest BCUT2D eigenvalue weighted by molar-refractivity contribution is 6.30. The molecule has 0 spiro atoms. The van der Waals surface area contributed by atoms with E-state index in [4.69, 9.17) is 16.3 Å². The van der Waals surface area contributed by atoms with Gasteiger partial charge in [0.1, 0.15) is 6.04 Å². The van der Waals surface area contributed by atoms with Crippen LogP contribution in [0.25, 0.3) is 5.57 Å². The summed E-state index contributed by atoms with van der Waals surface area (Å²) >= 11 is 6.05. The number of anilines is 1. The molecule has 0 radical (unpaired) electrons. The quantitative estimate of drug-likeness (QED) is 0.493. The zero-order valence-electron chi connectivity index (χ0n) is 18.8. The van der Waals surface area contributed by atoms with Crippen LogP contribution in [-0.4, -0.2) is 53.8 Å². The number of ether oxygens (including phenoxy) is 1. The maximum Gasteiger partial charge on any atom is 0.235 e. The predicted molar refractivity (Wildman–Crippen MR) is 129 cm³/mol. The third kappa shape index (κ3) is 3.16. The van der Waals surface area contributed by atoms with Crippen LogP contribution in [0, 0.1) is 11.8 Å². The number of benzene rings is 2. The molecular weight excluding hydrogens is 452 g/mol. The predicted octanol–water partition coefficient (Wildman–Crippen LogP) is 3.98. The van der Waals surface area contributed by atoms with Crippen molar-refractivity contribution >= 4 is 40.5 Å². The van der Waals surface area contributed by atoms with E-state index >= 15 is 0 Å². The number of rotatable bonds is 4. The van der Waals surface area contributed by atoms with Crippen molar-refractivity contribution in [1.29, 1.82) is 0 Å². The van der Waals surface area contributed by atoms with Crippen molar-refractivity contribution in [3.63, 3.8) is 0 Å². The van der Waals surface area contributed by atoms with Crippen molar-refractivity contribution in [2.75, 3.05) is 18.1 Å². The first-order chi connectivity index (χ1) is 16.5. The standard InChI is InChI=1S/C27H25ClN2O4/c1-15-13-21-22-23(27(33)29(26(22)32)14-18-5-4-12-34-18)24(25(31)16-8-10-17(28)11-9-16)30(21)20-7-3-2-6-19(15)20/h2-3,6-11,13,18,21-24H,4-5,12,14H2,1H3/t18-,21-,22-,23-,24+/m0/s1. The highest BCUT2D eigenvalue weighted by Gasteiger charge is 2.64. The van der Waals surface area contributed by atoms with Crippen molar-refractivity contribution in [1.82, 2.24) is 4.90 Å². The van der Waals surface area contributed by atoms with E-state index in [0.717, 1.165) is 29.7 Å². The number of para-hydroxylation sites is 1. The molecule has 0 bridgehead atoms. The molecule has 0 N–H and O–H groups in total. The molecule has 0 aromatic heterocycles. The van der Waals surface area contributed by atoms with Gasteiger partial charge in [-0.15, -0.1) is 0 Å². The lowest BCUT2D eigenvalue weighted by atomic mass is 9.85. The Balaban J connectivity index is 1.45. The first-order valence-corrected chi connectivity index (χ1v) is 12.2. The second-order valence-corrected chi connectivity index (χ2v) is 9.99. The number of amides is 2. The van der Waals surface area contributed by atoms with Crippen molar-refractivity contribution in [2.24, 2.45) is 11.8 Å². The van der Waals surface area contributed by atoms with Crippen molar-refractivity contribution in [2.45, 2.75) is 38.0 Å². The normalized spacial score (nSPS) is 29.7. The number of imide groups is 1. The average molecular weight is 477 g/mol. The summed E-state index contributed by atoms with van der Waals surface area (Å²) < 4.78 is 5.71. The molecule has 5 atom stereocenters. The second-order valence-electron chi connectivity index (χ2n) is 9.55. The molecule has 3 fully saturated rings. The van der Waals surface area contributed by atoms with Crippen LogP contribution in [0.3, 0.4) is 0 Å². The Bertz CT molecular complexity index is 1220. The van der Waals surface area contributed by atoms with Gasteiger partial charge < -0.3 is 9.64 Å². The van der Waals surface area contributed by atoms with Gasteiger partial charge in [-0.05, 0) is 55.7 Å². The molecule has 174 valence electrons. The second kappa shape index (κ2) is 8.07. The van der Waals surface area contributed by atoms with E-state index < -0.39 is 17.9 Å². The third-order valence-electron chi connectivity index (χ3n) is 7.65. The number of fused-ring (bicyclic) bond motifs is 5. The summed E-state index contributed by atoms with van der Waals surface area (Å²) in [5, 5.41) is 0.537. The molecule has 0 aliphatic carbocycles. The van der Waals surface area contributed by atoms with Crippen LogP contribution in [-0.2, 0) is 14.3 Å². The van der Waals surface area contributed by atoms with Crippen LogP contribution in [0.2, 0.25) is 5.02 Å². The lowest BCUT2D eigenvalue weighted by molar-refractivity contribution is -0.142. The molecule has 34 heavy (non-hydrogen) atoms. The minimum atomic E-state index is -0.771. The molecule has 6 nitrogen and oxygen atoms in total. The summed E-state index contributed by atoms with van der Waals surface area (Å²) in [5.74, 6) is -1.97. The van der Waals surface area contributed by atoms with Gasteiger partial charge in [-0.1, -0.05) is 35.9 Å². The van der Waals surface area contributed by atoms with Crippen molar-refractivity contribution < 1.29 is 19.1 Å². The van der Waals surface area contributed by atoms with Crippen LogP contribution in [0.4, 0.5) is 5.69 Å². The van der Waals surface area contributed by atoms with E-state index in [0.29, 0.717) is 17.2 Å². The fraction of sp³-hybridized carbons (Fsp3) is 0.370. The number of ketones is 1. The summed E-state index contributed by atoms with van der Waals surface area (Å²) in [4.78, 5) is 44.7. The molecule has 2 aromatic rings. The molecule has 0 saturated carbocycles. The number of hydrogen-bond donors (Lipinski definition) is 0. The van der Waals surface area contributed by atoms with Gasteiger partial charge in [0.2, 0.25) is 11.8 Å². The van der Waals surface area contributed by atoms with E-state index in [9.17, 15) is 14.4 Å². The average Bonchev–Trinajstić information content (AvgIpc) is 3.53. The number of carbonyl (C=O) groups is 3. The summed E-state index contributed by atoms with van der Waals surface area (Å²) in [6.07, 6.45) is 3.69. The maximum atomic E-state index is 13.9. The fourth-order valence-electron chi connectivity index (χ4n) is 6.12. The van der Waals surface area contributed by atoms with Gasteiger partial charge in [-0.2, -0.15) is 0 Å². The number of nitrogens with zero attached hydrogens (tertiary/aromatic N) is 2. The molecule has 4 aliphatic heterocycles. The van der Waals surface area contributed by atoms with E-state index in [1.165, 1.54) is 4.90 Å². The molecule has 2 amide bonds. The summed E-state index contributed by atoms with van der Waals surface area (Å²) in [6.45, 7) is 2.93. The van der Waals surface area contributed by atoms with E-state index in [2.05, 4.69) is 6.08 Å². The number of hydrogen-bond acceptors (Lipinski definition) is 5. The Hall–Kier alpha value is -2.96. The number of Topliss-reactive ketones (excluding diaryl/α,β-unsaturated/α-hetero) is 1. The summed E-state index contributed by atoms with van der Waals surface area (Å²) in [5.41, 5.74) is 3.44. The highest BCUT2D eigenvalue weighted by atomic mass is 35.5. The molecule has 7 heteroatoms. The molecule has 2 aromatic carbocycles. The van der Waals surface area contributed by atoms with Gasteiger partial charge in [0.25, 0.3) is 0 Å².